The Morgan fingerprint density at radius 1 is 1.29 bits per heavy atom. The molecule has 0 aliphatic carbocycles. The van der Waals surface area contributed by atoms with Crippen molar-refractivity contribution in [3.05, 3.63) is 29.6 Å². The molecule has 0 aliphatic rings. The summed E-state index contributed by atoms with van der Waals surface area (Å²) in [5.41, 5.74) is 1.74. The topological polar surface area (TPSA) is 6.48 Å². The van der Waals surface area contributed by atoms with Gasteiger partial charge < -0.3 is 5.01 Å². The van der Waals surface area contributed by atoms with Crippen LogP contribution in [0.25, 0.3) is 0 Å². The van der Waals surface area contributed by atoms with Gasteiger partial charge >= 0.3 is 0 Å². The third-order valence-electron chi connectivity index (χ3n) is 2.96. The van der Waals surface area contributed by atoms with Crippen molar-refractivity contribution in [2.75, 3.05) is 19.1 Å². The molecular weight excluding hydrogens is 215 g/mol. The van der Waals surface area contributed by atoms with Crippen molar-refractivity contribution in [3.63, 3.8) is 0 Å². The number of benzene rings is 1. The highest BCUT2D eigenvalue weighted by atomic mass is 19.1. The van der Waals surface area contributed by atoms with Gasteiger partial charge in [-0.3, -0.25) is 0 Å². The average molecular weight is 238 g/mol. The molecule has 1 aromatic rings. The lowest BCUT2D eigenvalue weighted by Crippen LogP contribution is -2.43. The fourth-order valence-electron chi connectivity index (χ4n) is 2.19. The summed E-state index contributed by atoms with van der Waals surface area (Å²) in [6.07, 6.45) is 2.26. The summed E-state index contributed by atoms with van der Waals surface area (Å²) in [5.74, 6) is -0.143. The summed E-state index contributed by atoms with van der Waals surface area (Å²) in [6, 6.07) is 5.70. The fourth-order valence-corrected chi connectivity index (χ4v) is 2.19. The van der Waals surface area contributed by atoms with Crippen molar-refractivity contribution in [1.29, 1.82) is 0 Å². The molecule has 0 saturated heterocycles. The second-order valence-corrected chi connectivity index (χ2v) is 4.76. The number of hydrazine groups is 1. The van der Waals surface area contributed by atoms with Crippen LogP contribution in [0, 0.1) is 12.7 Å². The predicted octanol–water partition coefficient (Wildman–Crippen LogP) is 3.61. The maximum atomic E-state index is 13.3. The second kappa shape index (κ2) is 6.01. The SMILES string of the molecule is CCCC(C)N(c1ccc(F)c(C)c1)N(C)C. The van der Waals surface area contributed by atoms with Crippen LogP contribution in [-0.4, -0.2) is 25.1 Å². The molecule has 0 spiro atoms. The van der Waals surface area contributed by atoms with E-state index in [1.54, 1.807) is 13.0 Å². The van der Waals surface area contributed by atoms with E-state index < -0.39 is 0 Å². The van der Waals surface area contributed by atoms with Gasteiger partial charge in [0.1, 0.15) is 5.82 Å². The van der Waals surface area contributed by atoms with Crippen LogP contribution >= 0.6 is 0 Å². The molecule has 0 bridgehead atoms. The Morgan fingerprint density at radius 2 is 1.94 bits per heavy atom. The lowest BCUT2D eigenvalue weighted by Gasteiger charge is -2.36. The Hall–Kier alpha value is -1.09. The predicted molar refractivity (Wildman–Crippen MR) is 71.7 cm³/mol. The second-order valence-electron chi connectivity index (χ2n) is 4.76. The van der Waals surface area contributed by atoms with E-state index in [0.717, 1.165) is 18.5 Å². The summed E-state index contributed by atoms with van der Waals surface area (Å²) < 4.78 is 13.3. The van der Waals surface area contributed by atoms with Gasteiger partial charge in [-0.05, 0) is 44.0 Å². The number of rotatable bonds is 5. The van der Waals surface area contributed by atoms with Crippen molar-refractivity contribution < 1.29 is 4.39 Å². The van der Waals surface area contributed by atoms with E-state index in [4.69, 9.17) is 0 Å². The fraction of sp³-hybridized carbons (Fsp3) is 0.571. The molecule has 3 heteroatoms. The number of halogens is 1. The summed E-state index contributed by atoms with van der Waals surface area (Å²) in [5, 5.41) is 4.27. The van der Waals surface area contributed by atoms with Gasteiger partial charge in [0.15, 0.2) is 0 Å². The zero-order valence-electron chi connectivity index (χ0n) is 11.5. The molecule has 0 amide bonds. The summed E-state index contributed by atoms with van der Waals surface area (Å²) >= 11 is 0. The summed E-state index contributed by atoms with van der Waals surface area (Å²) in [7, 11) is 4.04. The van der Waals surface area contributed by atoms with Crippen molar-refractivity contribution in [1.82, 2.24) is 5.01 Å². The molecule has 1 rings (SSSR count). The first-order valence-corrected chi connectivity index (χ1v) is 6.20. The highest BCUT2D eigenvalue weighted by Gasteiger charge is 2.16. The van der Waals surface area contributed by atoms with Crippen LogP contribution in [-0.2, 0) is 0 Å². The lowest BCUT2D eigenvalue weighted by molar-refractivity contribution is 0.322. The molecule has 0 aliphatic heterocycles. The van der Waals surface area contributed by atoms with E-state index in [1.165, 1.54) is 0 Å². The molecule has 17 heavy (non-hydrogen) atoms. The van der Waals surface area contributed by atoms with Crippen LogP contribution in [0.2, 0.25) is 0 Å². The molecule has 1 atom stereocenters. The molecule has 96 valence electrons. The molecule has 2 nitrogen and oxygen atoms in total. The van der Waals surface area contributed by atoms with Crippen LogP contribution < -0.4 is 5.01 Å². The van der Waals surface area contributed by atoms with E-state index in [0.29, 0.717) is 11.6 Å². The van der Waals surface area contributed by atoms with Crippen LogP contribution in [0.1, 0.15) is 32.3 Å². The van der Waals surface area contributed by atoms with Crippen molar-refractivity contribution >= 4 is 5.69 Å². The number of hydrogen-bond donors (Lipinski definition) is 0. The summed E-state index contributed by atoms with van der Waals surface area (Å²) in [6.45, 7) is 6.18. The van der Waals surface area contributed by atoms with Crippen molar-refractivity contribution in [2.24, 2.45) is 0 Å². The molecule has 1 unspecified atom stereocenters. The standard InChI is InChI=1S/C14H23FN2/c1-6-7-12(3)17(16(4)5)13-8-9-14(15)11(2)10-13/h8-10,12H,6-7H2,1-5H3. The molecule has 0 fully saturated rings. The number of nitrogens with zero attached hydrogens (tertiary/aromatic N) is 2. The maximum absolute atomic E-state index is 13.3. The van der Waals surface area contributed by atoms with E-state index in [2.05, 4.69) is 23.9 Å². The molecule has 0 heterocycles. The zero-order chi connectivity index (χ0) is 13.0. The monoisotopic (exact) mass is 238 g/mol. The zero-order valence-corrected chi connectivity index (χ0v) is 11.5. The van der Waals surface area contributed by atoms with Gasteiger partial charge in [-0.25, -0.2) is 9.40 Å². The van der Waals surface area contributed by atoms with Gasteiger partial charge in [-0.1, -0.05) is 13.3 Å². The maximum Gasteiger partial charge on any atom is 0.126 e. The van der Waals surface area contributed by atoms with Gasteiger partial charge in [0.2, 0.25) is 0 Å². The quantitative estimate of drug-likeness (QED) is 0.723. The van der Waals surface area contributed by atoms with Gasteiger partial charge in [0, 0.05) is 20.1 Å². The van der Waals surface area contributed by atoms with Crippen molar-refractivity contribution in [3.8, 4) is 0 Å². The largest absolute Gasteiger partial charge is 0.304 e. The minimum Gasteiger partial charge on any atom is -0.304 e. The van der Waals surface area contributed by atoms with Crippen LogP contribution in [0.15, 0.2) is 18.2 Å². The van der Waals surface area contributed by atoms with Crippen LogP contribution in [0.4, 0.5) is 10.1 Å². The minimum atomic E-state index is -0.143. The molecule has 1 aromatic carbocycles. The smallest absolute Gasteiger partial charge is 0.126 e. The average Bonchev–Trinajstić information content (AvgIpc) is 2.23. The Kier molecular flexibility index (Phi) is 4.94. The molecule has 0 N–H and O–H groups in total. The first kappa shape index (κ1) is 14.0. The molecule has 0 saturated carbocycles. The van der Waals surface area contributed by atoms with Crippen molar-refractivity contribution in [2.45, 2.75) is 39.7 Å². The Balaban J connectivity index is 3.01. The third-order valence-corrected chi connectivity index (χ3v) is 2.96. The number of aryl methyl sites for hydroxylation is 1. The van der Waals surface area contributed by atoms with Crippen LogP contribution in [0.3, 0.4) is 0 Å². The molecule has 0 radical (unpaired) electrons. The lowest BCUT2D eigenvalue weighted by atomic mass is 10.1. The van der Waals surface area contributed by atoms with E-state index >= 15 is 0 Å². The van der Waals surface area contributed by atoms with Crippen LogP contribution in [0.5, 0.6) is 0 Å². The Labute approximate surface area is 104 Å². The van der Waals surface area contributed by atoms with Gasteiger partial charge in [0.25, 0.3) is 0 Å². The van der Waals surface area contributed by atoms with E-state index in [9.17, 15) is 4.39 Å². The highest BCUT2D eigenvalue weighted by Crippen LogP contribution is 2.22. The van der Waals surface area contributed by atoms with E-state index in [1.807, 2.05) is 26.2 Å². The van der Waals surface area contributed by atoms with Gasteiger partial charge in [-0.15, -0.1) is 0 Å². The number of anilines is 1. The minimum absolute atomic E-state index is 0.143. The normalized spacial score (nSPS) is 12.9. The highest BCUT2D eigenvalue weighted by molar-refractivity contribution is 5.48. The summed E-state index contributed by atoms with van der Waals surface area (Å²) in [4.78, 5) is 0. The Morgan fingerprint density at radius 3 is 2.41 bits per heavy atom. The van der Waals surface area contributed by atoms with Gasteiger partial charge in [0.05, 0.1) is 5.69 Å². The Bertz CT molecular complexity index is 363. The first-order chi connectivity index (χ1) is 7.97. The van der Waals surface area contributed by atoms with E-state index in [-0.39, 0.29) is 5.82 Å². The van der Waals surface area contributed by atoms with Gasteiger partial charge in [-0.2, -0.15) is 0 Å². The molecular formula is C14H23FN2. The molecule has 0 aromatic heterocycles. The number of hydrogen-bond acceptors (Lipinski definition) is 2. The third kappa shape index (κ3) is 3.43. The first-order valence-electron chi connectivity index (χ1n) is 6.20.